The van der Waals surface area contributed by atoms with Crippen LogP contribution in [0.2, 0.25) is 5.15 Å². The fourth-order valence-corrected chi connectivity index (χ4v) is 1.69. The van der Waals surface area contributed by atoms with Crippen LogP contribution in [0.15, 0.2) is 12.3 Å². The number of hydrogen-bond donors (Lipinski definition) is 2. The van der Waals surface area contributed by atoms with Crippen LogP contribution in [0.25, 0.3) is 0 Å². The highest BCUT2D eigenvalue weighted by molar-refractivity contribution is 6.29. The van der Waals surface area contributed by atoms with Gasteiger partial charge in [-0.2, -0.15) is 0 Å². The third kappa shape index (κ3) is 1.97. The Morgan fingerprint density at radius 1 is 1.64 bits per heavy atom. The average molecular weight is 214 g/mol. The van der Waals surface area contributed by atoms with Gasteiger partial charge in [0.25, 0.3) is 0 Å². The molecule has 0 aromatic carbocycles. The smallest absolute Gasteiger partial charge is 0.129 e. The van der Waals surface area contributed by atoms with Crippen molar-refractivity contribution < 1.29 is 4.74 Å². The Bertz CT molecular complexity index is 326. The largest absolute Gasteiger partial charge is 0.397 e. The van der Waals surface area contributed by atoms with Crippen molar-refractivity contribution in [2.24, 2.45) is 0 Å². The molecule has 4 nitrogen and oxygen atoms in total. The third-order valence-corrected chi connectivity index (χ3v) is 2.44. The molecule has 0 saturated carbocycles. The van der Waals surface area contributed by atoms with Crippen molar-refractivity contribution in [3.8, 4) is 0 Å². The minimum absolute atomic E-state index is 0.129. The summed E-state index contributed by atoms with van der Waals surface area (Å²) >= 11 is 5.80. The summed E-state index contributed by atoms with van der Waals surface area (Å²) in [6, 6.07) is 1.91. The first-order valence-electron chi connectivity index (χ1n) is 4.49. The van der Waals surface area contributed by atoms with Gasteiger partial charge in [0.2, 0.25) is 0 Å². The number of nitrogens with one attached hydrogen (secondary N) is 1. The number of rotatable bonds is 1. The van der Waals surface area contributed by atoms with Crippen LogP contribution in [0.4, 0.5) is 5.69 Å². The molecule has 1 aromatic rings. The molecule has 0 aliphatic carbocycles. The van der Waals surface area contributed by atoms with Gasteiger partial charge in [0, 0.05) is 6.54 Å². The first kappa shape index (κ1) is 9.71. The maximum absolute atomic E-state index is 5.80. The van der Waals surface area contributed by atoms with Crippen LogP contribution in [-0.4, -0.2) is 24.7 Å². The van der Waals surface area contributed by atoms with Crippen LogP contribution in [0.5, 0.6) is 0 Å². The molecule has 1 atom stereocenters. The summed E-state index contributed by atoms with van der Waals surface area (Å²) in [5.41, 5.74) is 7.42. The number of halogens is 1. The van der Waals surface area contributed by atoms with Gasteiger partial charge in [0.05, 0.1) is 31.1 Å². The molecule has 1 fully saturated rings. The summed E-state index contributed by atoms with van der Waals surface area (Å²) in [6.45, 7) is 2.21. The summed E-state index contributed by atoms with van der Waals surface area (Å²) in [6.07, 6.45) is 1.58. The number of nitrogens with two attached hydrogens (primary N) is 1. The van der Waals surface area contributed by atoms with Crippen molar-refractivity contribution in [1.29, 1.82) is 0 Å². The van der Waals surface area contributed by atoms with Gasteiger partial charge in [0.15, 0.2) is 0 Å². The number of aromatic nitrogens is 1. The van der Waals surface area contributed by atoms with E-state index in [1.54, 1.807) is 12.3 Å². The third-order valence-electron chi connectivity index (χ3n) is 2.23. The quantitative estimate of drug-likeness (QED) is 0.683. The van der Waals surface area contributed by atoms with E-state index in [0.717, 1.165) is 18.7 Å². The van der Waals surface area contributed by atoms with Crippen molar-refractivity contribution in [3.63, 3.8) is 0 Å². The van der Waals surface area contributed by atoms with E-state index < -0.39 is 0 Å². The molecule has 1 saturated heterocycles. The monoisotopic (exact) mass is 213 g/mol. The second-order valence-electron chi connectivity index (χ2n) is 3.22. The van der Waals surface area contributed by atoms with Crippen LogP contribution in [0, 0.1) is 0 Å². The van der Waals surface area contributed by atoms with Crippen molar-refractivity contribution in [3.05, 3.63) is 23.0 Å². The fourth-order valence-electron chi connectivity index (χ4n) is 1.52. The van der Waals surface area contributed by atoms with Crippen LogP contribution >= 0.6 is 11.6 Å². The first-order valence-corrected chi connectivity index (χ1v) is 4.87. The number of hydrogen-bond acceptors (Lipinski definition) is 4. The number of nitrogen functional groups attached to an aromatic ring is 1. The number of anilines is 1. The Kier molecular flexibility index (Phi) is 2.86. The van der Waals surface area contributed by atoms with E-state index in [4.69, 9.17) is 22.1 Å². The Balaban J connectivity index is 2.24. The summed E-state index contributed by atoms with van der Waals surface area (Å²) in [5.74, 6) is 0. The highest BCUT2D eigenvalue weighted by Crippen LogP contribution is 2.23. The SMILES string of the molecule is Nc1cnc(Cl)cc1[C@H]1COCCN1. The van der Waals surface area contributed by atoms with E-state index in [9.17, 15) is 0 Å². The Morgan fingerprint density at radius 2 is 2.50 bits per heavy atom. The molecule has 5 heteroatoms. The maximum Gasteiger partial charge on any atom is 0.129 e. The van der Waals surface area contributed by atoms with Crippen LogP contribution in [0.3, 0.4) is 0 Å². The molecule has 1 aliphatic rings. The predicted octanol–water partition coefficient (Wildman–Crippen LogP) is 0.978. The normalized spacial score (nSPS) is 22.2. The molecule has 14 heavy (non-hydrogen) atoms. The van der Waals surface area contributed by atoms with Gasteiger partial charge < -0.3 is 15.8 Å². The summed E-state index contributed by atoms with van der Waals surface area (Å²) in [4.78, 5) is 3.91. The summed E-state index contributed by atoms with van der Waals surface area (Å²) in [5, 5.41) is 3.77. The van der Waals surface area contributed by atoms with Crippen molar-refractivity contribution >= 4 is 17.3 Å². The predicted molar refractivity (Wildman–Crippen MR) is 55.2 cm³/mol. The van der Waals surface area contributed by atoms with Crippen molar-refractivity contribution in [2.45, 2.75) is 6.04 Å². The topological polar surface area (TPSA) is 60.2 Å². The average Bonchev–Trinajstić information content (AvgIpc) is 2.23. The summed E-state index contributed by atoms with van der Waals surface area (Å²) in [7, 11) is 0. The van der Waals surface area contributed by atoms with Crippen LogP contribution in [0.1, 0.15) is 11.6 Å². The standard InChI is InChI=1S/C9H12ClN3O/c10-9-3-6(7(11)4-13-9)8-5-14-2-1-12-8/h3-4,8,12H,1-2,5,11H2/t8-/m1/s1. The van der Waals surface area contributed by atoms with Gasteiger partial charge in [-0.15, -0.1) is 0 Å². The summed E-state index contributed by atoms with van der Waals surface area (Å²) < 4.78 is 5.35. The Morgan fingerprint density at radius 3 is 3.21 bits per heavy atom. The van der Waals surface area contributed by atoms with Gasteiger partial charge in [-0.25, -0.2) is 4.98 Å². The molecule has 76 valence electrons. The van der Waals surface area contributed by atoms with Gasteiger partial charge in [-0.1, -0.05) is 11.6 Å². The molecule has 0 bridgehead atoms. The number of ether oxygens (including phenoxy) is 1. The van der Waals surface area contributed by atoms with Crippen LogP contribution in [-0.2, 0) is 4.74 Å². The zero-order valence-corrected chi connectivity index (χ0v) is 8.42. The second kappa shape index (κ2) is 4.13. The lowest BCUT2D eigenvalue weighted by atomic mass is 10.1. The number of nitrogens with zero attached hydrogens (tertiary/aromatic N) is 1. The van der Waals surface area contributed by atoms with Gasteiger partial charge in [-0.3, -0.25) is 0 Å². The van der Waals surface area contributed by atoms with Crippen LogP contribution < -0.4 is 11.1 Å². The molecule has 2 heterocycles. The molecule has 3 N–H and O–H groups in total. The Hall–Kier alpha value is -0.840. The zero-order chi connectivity index (χ0) is 9.97. The van der Waals surface area contributed by atoms with Crippen molar-refractivity contribution in [2.75, 3.05) is 25.5 Å². The minimum atomic E-state index is 0.129. The molecular formula is C9H12ClN3O. The number of pyridine rings is 1. The second-order valence-corrected chi connectivity index (χ2v) is 3.60. The molecule has 0 spiro atoms. The molecule has 0 radical (unpaired) electrons. The van der Waals surface area contributed by atoms with E-state index in [1.165, 1.54) is 0 Å². The molecule has 0 unspecified atom stereocenters. The van der Waals surface area contributed by atoms with E-state index in [1.807, 2.05) is 0 Å². The maximum atomic E-state index is 5.80. The molecule has 1 aliphatic heterocycles. The molecule has 1 aromatic heterocycles. The van der Waals surface area contributed by atoms with E-state index >= 15 is 0 Å². The number of morpholine rings is 1. The fraction of sp³-hybridized carbons (Fsp3) is 0.444. The first-order chi connectivity index (χ1) is 6.77. The lowest BCUT2D eigenvalue weighted by molar-refractivity contribution is 0.0770. The van der Waals surface area contributed by atoms with E-state index in [0.29, 0.717) is 17.4 Å². The van der Waals surface area contributed by atoms with Gasteiger partial charge in [0.1, 0.15) is 5.15 Å². The molecule has 0 amide bonds. The highest BCUT2D eigenvalue weighted by Gasteiger charge is 2.17. The van der Waals surface area contributed by atoms with Gasteiger partial charge >= 0.3 is 0 Å². The van der Waals surface area contributed by atoms with E-state index in [2.05, 4.69) is 10.3 Å². The zero-order valence-electron chi connectivity index (χ0n) is 7.66. The molecule has 2 rings (SSSR count). The Labute approximate surface area is 87.4 Å². The van der Waals surface area contributed by atoms with E-state index in [-0.39, 0.29) is 6.04 Å². The van der Waals surface area contributed by atoms with Gasteiger partial charge in [-0.05, 0) is 11.6 Å². The minimum Gasteiger partial charge on any atom is -0.397 e. The molecular weight excluding hydrogens is 202 g/mol. The lowest BCUT2D eigenvalue weighted by Crippen LogP contribution is -2.35. The highest BCUT2D eigenvalue weighted by atomic mass is 35.5. The lowest BCUT2D eigenvalue weighted by Gasteiger charge is -2.25. The van der Waals surface area contributed by atoms with Crippen molar-refractivity contribution in [1.82, 2.24) is 10.3 Å².